The fourth-order valence-electron chi connectivity index (χ4n) is 3.30. The molecule has 0 aromatic carbocycles. The van der Waals surface area contributed by atoms with Gasteiger partial charge in [-0.3, -0.25) is 0 Å². The minimum absolute atomic E-state index is 0.107. The van der Waals surface area contributed by atoms with E-state index in [4.69, 9.17) is 9.84 Å². The van der Waals surface area contributed by atoms with Crippen LogP contribution in [-0.2, 0) is 4.74 Å². The lowest BCUT2D eigenvalue weighted by Crippen LogP contribution is -2.44. The quantitative estimate of drug-likeness (QED) is 0.745. The van der Waals surface area contributed by atoms with Gasteiger partial charge in [-0.15, -0.1) is 0 Å². The standard InChI is InChI=1S/C12H22O3/c13-7-8-15-12-6-5-11(14)9-3-1-2-4-10(9)12/h9-14H,1-8H2. The van der Waals surface area contributed by atoms with Crippen LogP contribution in [0.1, 0.15) is 38.5 Å². The minimum atomic E-state index is -0.107. The Kier molecular flexibility index (Phi) is 4.00. The molecule has 0 saturated heterocycles. The Hall–Kier alpha value is -0.120. The van der Waals surface area contributed by atoms with Gasteiger partial charge < -0.3 is 14.9 Å². The lowest BCUT2D eigenvalue weighted by atomic mass is 9.68. The monoisotopic (exact) mass is 214 g/mol. The van der Waals surface area contributed by atoms with Crippen LogP contribution in [0.3, 0.4) is 0 Å². The number of rotatable bonds is 3. The second-order valence-corrected chi connectivity index (χ2v) is 4.89. The van der Waals surface area contributed by atoms with Gasteiger partial charge in [0, 0.05) is 0 Å². The fourth-order valence-corrected chi connectivity index (χ4v) is 3.30. The average Bonchev–Trinajstić information content (AvgIpc) is 2.29. The van der Waals surface area contributed by atoms with Crippen LogP contribution in [0.2, 0.25) is 0 Å². The van der Waals surface area contributed by atoms with Crippen LogP contribution in [0.15, 0.2) is 0 Å². The fraction of sp³-hybridized carbons (Fsp3) is 1.00. The van der Waals surface area contributed by atoms with Gasteiger partial charge in [0.15, 0.2) is 0 Å². The minimum Gasteiger partial charge on any atom is -0.394 e. The number of ether oxygens (including phenoxy) is 1. The molecule has 2 saturated carbocycles. The molecule has 2 N–H and O–H groups in total. The molecular formula is C12H22O3. The van der Waals surface area contributed by atoms with Crippen molar-refractivity contribution in [1.82, 2.24) is 0 Å². The molecular weight excluding hydrogens is 192 g/mol. The van der Waals surface area contributed by atoms with Crippen molar-refractivity contribution in [2.45, 2.75) is 50.7 Å². The van der Waals surface area contributed by atoms with Gasteiger partial charge >= 0.3 is 0 Å². The van der Waals surface area contributed by atoms with Crippen molar-refractivity contribution in [3.05, 3.63) is 0 Å². The summed E-state index contributed by atoms with van der Waals surface area (Å²) in [5.74, 6) is 0.991. The number of fused-ring (bicyclic) bond motifs is 1. The van der Waals surface area contributed by atoms with Crippen molar-refractivity contribution in [2.24, 2.45) is 11.8 Å². The summed E-state index contributed by atoms with van der Waals surface area (Å²) in [6, 6.07) is 0. The molecule has 2 aliphatic rings. The van der Waals surface area contributed by atoms with Crippen molar-refractivity contribution >= 4 is 0 Å². The molecule has 0 amide bonds. The van der Waals surface area contributed by atoms with Crippen LogP contribution in [0.25, 0.3) is 0 Å². The highest BCUT2D eigenvalue weighted by atomic mass is 16.5. The van der Waals surface area contributed by atoms with E-state index in [1.54, 1.807) is 0 Å². The van der Waals surface area contributed by atoms with Gasteiger partial charge in [-0.25, -0.2) is 0 Å². The maximum atomic E-state index is 9.94. The van der Waals surface area contributed by atoms with E-state index in [2.05, 4.69) is 0 Å². The van der Waals surface area contributed by atoms with Gasteiger partial charge in [0.05, 0.1) is 25.4 Å². The Labute approximate surface area is 91.4 Å². The zero-order chi connectivity index (χ0) is 10.7. The first kappa shape index (κ1) is 11.4. The van der Waals surface area contributed by atoms with Crippen LogP contribution in [0.5, 0.6) is 0 Å². The highest BCUT2D eigenvalue weighted by Crippen LogP contribution is 2.41. The van der Waals surface area contributed by atoms with Gasteiger partial charge in [0.2, 0.25) is 0 Å². The molecule has 15 heavy (non-hydrogen) atoms. The van der Waals surface area contributed by atoms with Crippen LogP contribution in [0.4, 0.5) is 0 Å². The summed E-state index contributed by atoms with van der Waals surface area (Å²) in [5.41, 5.74) is 0. The molecule has 2 fully saturated rings. The number of hydrogen-bond acceptors (Lipinski definition) is 3. The number of hydrogen-bond donors (Lipinski definition) is 2. The predicted molar refractivity (Wildman–Crippen MR) is 57.5 cm³/mol. The van der Waals surface area contributed by atoms with Gasteiger partial charge in [0.1, 0.15) is 0 Å². The number of aliphatic hydroxyl groups excluding tert-OH is 2. The molecule has 3 nitrogen and oxygen atoms in total. The highest BCUT2D eigenvalue weighted by Gasteiger charge is 2.40. The maximum Gasteiger partial charge on any atom is 0.0701 e. The SMILES string of the molecule is OCCOC1CCC(O)C2CCCCC12. The Balaban J connectivity index is 1.94. The number of aliphatic hydroxyl groups is 2. The van der Waals surface area contributed by atoms with E-state index in [0.717, 1.165) is 19.3 Å². The third-order valence-electron chi connectivity index (χ3n) is 4.02. The summed E-state index contributed by atoms with van der Waals surface area (Å²) < 4.78 is 5.69. The Morgan fingerprint density at radius 3 is 2.47 bits per heavy atom. The van der Waals surface area contributed by atoms with Gasteiger partial charge in [-0.1, -0.05) is 12.8 Å². The third kappa shape index (κ3) is 2.52. The third-order valence-corrected chi connectivity index (χ3v) is 4.02. The zero-order valence-corrected chi connectivity index (χ0v) is 9.27. The van der Waals surface area contributed by atoms with E-state index in [1.807, 2.05) is 0 Å². The lowest BCUT2D eigenvalue weighted by molar-refractivity contribution is -0.0970. The smallest absolute Gasteiger partial charge is 0.0701 e. The summed E-state index contributed by atoms with van der Waals surface area (Å²) >= 11 is 0. The van der Waals surface area contributed by atoms with E-state index < -0.39 is 0 Å². The van der Waals surface area contributed by atoms with E-state index >= 15 is 0 Å². The largest absolute Gasteiger partial charge is 0.394 e. The normalized spacial score (nSPS) is 41.2. The van der Waals surface area contributed by atoms with Crippen molar-refractivity contribution in [2.75, 3.05) is 13.2 Å². The molecule has 3 heteroatoms. The van der Waals surface area contributed by atoms with E-state index in [0.29, 0.717) is 18.4 Å². The molecule has 0 bridgehead atoms. The molecule has 0 aromatic heterocycles. The molecule has 2 aliphatic carbocycles. The van der Waals surface area contributed by atoms with Crippen LogP contribution < -0.4 is 0 Å². The lowest BCUT2D eigenvalue weighted by Gasteiger charge is -2.43. The van der Waals surface area contributed by atoms with Crippen LogP contribution >= 0.6 is 0 Å². The Bertz CT molecular complexity index is 193. The molecule has 0 radical (unpaired) electrons. The van der Waals surface area contributed by atoms with Crippen molar-refractivity contribution in [3.63, 3.8) is 0 Å². The molecule has 88 valence electrons. The molecule has 0 aliphatic heterocycles. The van der Waals surface area contributed by atoms with Gasteiger partial charge in [-0.05, 0) is 37.5 Å². The molecule has 0 aromatic rings. The summed E-state index contributed by atoms with van der Waals surface area (Å²) in [7, 11) is 0. The predicted octanol–water partition coefficient (Wildman–Crippen LogP) is 1.32. The van der Waals surface area contributed by atoms with E-state index in [1.165, 1.54) is 19.3 Å². The van der Waals surface area contributed by atoms with Crippen LogP contribution in [-0.4, -0.2) is 35.6 Å². The van der Waals surface area contributed by atoms with Gasteiger partial charge in [-0.2, -0.15) is 0 Å². The Morgan fingerprint density at radius 1 is 1.00 bits per heavy atom. The molecule has 4 atom stereocenters. The summed E-state index contributed by atoms with van der Waals surface area (Å²) in [4.78, 5) is 0. The second-order valence-electron chi connectivity index (χ2n) is 4.89. The Morgan fingerprint density at radius 2 is 1.73 bits per heavy atom. The molecule has 0 spiro atoms. The molecule has 4 unspecified atom stereocenters. The van der Waals surface area contributed by atoms with Gasteiger partial charge in [0.25, 0.3) is 0 Å². The van der Waals surface area contributed by atoms with Crippen molar-refractivity contribution < 1.29 is 14.9 Å². The topological polar surface area (TPSA) is 49.7 Å². The average molecular weight is 214 g/mol. The first-order chi connectivity index (χ1) is 7.33. The van der Waals surface area contributed by atoms with E-state index in [-0.39, 0.29) is 18.8 Å². The second kappa shape index (κ2) is 5.28. The zero-order valence-electron chi connectivity index (χ0n) is 9.27. The van der Waals surface area contributed by atoms with Crippen molar-refractivity contribution in [1.29, 1.82) is 0 Å². The van der Waals surface area contributed by atoms with Crippen molar-refractivity contribution in [3.8, 4) is 0 Å². The first-order valence-electron chi connectivity index (χ1n) is 6.23. The maximum absolute atomic E-state index is 9.94. The summed E-state index contributed by atoms with van der Waals surface area (Å²) in [6.07, 6.45) is 6.88. The highest BCUT2D eigenvalue weighted by molar-refractivity contribution is 4.90. The summed E-state index contributed by atoms with van der Waals surface area (Å²) in [6.45, 7) is 0.556. The summed E-state index contributed by atoms with van der Waals surface area (Å²) in [5, 5.41) is 18.7. The van der Waals surface area contributed by atoms with E-state index in [9.17, 15) is 5.11 Å². The first-order valence-corrected chi connectivity index (χ1v) is 6.23. The molecule has 2 rings (SSSR count). The molecule has 0 heterocycles. The van der Waals surface area contributed by atoms with Crippen LogP contribution in [0, 0.1) is 11.8 Å².